The Balaban J connectivity index is 2.54. The van der Waals surface area contributed by atoms with E-state index in [1.54, 1.807) is 12.3 Å². The van der Waals surface area contributed by atoms with Crippen LogP contribution in [0.4, 0.5) is 0 Å². The lowest BCUT2D eigenvalue weighted by Crippen LogP contribution is -2.09. The Hall–Kier alpha value is -1.62. The first-order chi connectivity index (χ1) is 8.09. The van der Waals surface area contributed by atoms with Crippen molar-refractivity contribution >= 4 is 32.8 Å². The molecule has 1 N–H and O–H groups in total. The van der Waals surface area contributed by atoms with Crippen LogP contribution in [0.3, 0.4) is 0 Å². The smallest absolute Gasteiger partial charge is 0.341 e. The van der Waals surface area contributed by atoms with E-state index in [1.807, 2.05) is 19.1 Å². The number of ether oxygens (including phenoxy) is 1. The number of halogens is 1. The topological polar surface area (TPSA) is 59.4 Å². The molecule has 1 aromatic carbocycles. The fourth-order valence-corrected chi connectivity index (χ4v) is 2.25. The molecule has 0 radical (unpaired) electrons. The molecule has 5 heteroatoms. The van der Waals surface area contributed by atoms with Gasteiger partial charge >= 0.3 is 5.97 Å². The number of carboxylic acids is 1. The van der Waals surface area contributed by atoms with Crippen molar-refractivity contribution in [2.24, 2.45) is 0 Å². The zero-order chi connectivity index (χ0) is 12.4. The second-order valence-corrected chi connectivity index (χ2v) is 4.43. The molecule has 0 aliphatic carbocycles. The molecule has 1 heterocycles. The van der Waals surface area contributed by atoms with Crippen molar-refractivity contribution in [3.05, 3.63) is 34.4 Å². The lowest BCUT2D eigenvalue weighted by Gasteiger charge is -2.09. The highest BCUT2D eigenvalue weighted by Crippen LogP contribution is 2.32. The van der Waals surface area contributed by atoms with Gasteiger partial charge in [-0.25, -0.2) is 4.79 Å². The molecule has 0 atom stereocenters. The van der Waals surface area contributed by atoms with Gasteiger partial charge in [0.05, 0.1) is 0 Å². The maximum absolute atomic E-state index is 10.5. The SMILES string of the molecule is Cc1ccnc2c(OCC(=O)O)ccc(Br)c12. The predicted molar refractivity (Wildman–Crippen MR) is 67.3 cm³/mol. The Bertz CT molecular complexity index is 575. The van der Waals surface area contributed by atoms with Crippen LogP contribution < -0.4 is 4.74 Å². The molecule has 0 amide bonds. The van der Waals surface area contributed by atoms with E-state index in [9.17, 15) is 4.79 Å². The van der Waals surface area contributed by atoms with Crippen molar-refractivity contribution in [3.63, 3.8) is 0 Å². The number of carbonyl (C=O) groups is 1. The van der Waals surface area contributed by atoms with Crippen molar-refractivity contribution in [2.45, 2.75) is 6.92 Å². The number of nitrogens with zero attached hydrogens (tertiary/aromatic N) is 1. The van der Waals surface area contributed by atoms with Crippen molar-refractivity contribution in [3.8, 4) is 5.75 Å². The number of benzene rings is 1. The van der Waals surface area contributed by atoms with Crippen LogP contribution in [-0.2, 0) is 4.79 Å². The fraction of sp³-hybridized carbons (Fsp3) is 0.167. The summed E-state index contributed by atoms with van der Waals surface area (Å²) in [5, 5.41) is 9.54. The number of aromatic nitrogens is 1. The zero-order valence-electron chi connectivity index (χ0n) is 9.11. The molecule has 0 unspecified atom stereocenters. The number of hydrogen-bond donors (Lipinski definition) is 1. The first kappa shape index (κ1) is 11.9. The summed E-state index contributed by atoms with van der Waals surface area (Å²) < 4.78 is 6.13. The molecule has 2 aromatic rings. The molecule has 1 aromatic heterocycles. The van der Waals surface area contributed by atoms with Crippen LogP contribution in [0, 0.1) is 6.92 Å². The lowest BCUT2D eigenvalue weighted by molar-refractivity contribution is -0.139. The van der Waals surface area contributed by atoms with Crippen LogP contribution in [0.5, 0.6) is 5.75 Å². The van der Waals surface area contributed by atoms with Crippen molar-refractivity contribution in [2.75, 3.05) is 6.61 Å². The molecule has 2 rings (SSSR count). The summed E-state index contributed by atoms with van der Waals surface area (Å²) >= 11 is 3.45. The minimum atomic E-state index is -1.01. The van der Waals surface area contributed by atoms with E-state index in [0.29, 0.717) is 11.3 Å². The Morgan fingerprint density at radius 1 is 1.47 bits per heavy atom. The highest BCUT2D eigenvalue weighted by atomic mass is 79.9. The van der Waals surface area contributed by atoms with Gasteiger partial charge in [0, 0.05) is 16.1 Å². The third-order valence-corrected chi connectivity index (χ3v) is 3.02. The normalized spacial score (nSPS) is 10.5. The van der Waals surface area contributed by atoms with Crippen LogP contribution in [0.1, 0.15) is 5.56 Å². The number of fused-ring (bicyclic) bond motifs is 1. The maximum atomic E-state index is 10.5. The molecule has 4 nitrogen and oxygen atoms in total. The minimum Gasteiger partial charge on any atom is -0.480 e. The van der Waals surface area contributed by atoms with Crippen molar-refractivity contribution in [1.82, 2.24) is 4.98 Å². The monoisotopic (exact) mass is 295 g/mol. The summed E-state index contributed by atoms with van der Waals surface area (Å²) in [5.74, 6) is -0.525. The number of hydrogen-bond acceptors (Lipinski definition) is 3. The number of pyridine rings is 1. The van der Waals surface area contributed by atoms with Gasteiger partial charge in [-0.2, -0.15) is 0 Å². The Morgan fingerprint density at radius 2 is 2.24 bits per heavy atom. The van der Waals surface area contributed by atoms with E-state index in [4.69, 9.17) is 9.84 Å². The molecule has 0 aliphatic heterocycles. The number of carboxylic acid groups (broad SMARTS) is 1. The first-order valence-corrected chi connectivity index (χ1v) is 5.77. The van der Waals surface area contributed by atoms with Gasteiger partial charge in [-0.15, -0.1) is 0 Å². The molecule has 0 spiro atoms. The van der Waals surface area contributed by atoms with E-state index >= 15 is 0 Å². The quantitative estimate of drug-likeness (QED) is 0.946. The molecule has 0 saturated heterocycles. The Kier molecular flexibility index (Phi) is 3.28. The summed E-state index contributed by atoms with van der Waals surface area (Å²) in [7, 11) is 0. The van der Waals surface area contributed by atoms with Crippen LogP contribution in [0.15, 0.2) is 28.9 Å². The molecule has 17 heavy (non-hydrogen) atoms. The number of aliphatic carboxylic acids is 1. The van der Waals surface area contributed by atoms with Crippen LogP contribution in [-0.4, -0.2) is 22.7 Å². The van der Waals surface area contributed by atoms with E-state index in [2.05, 4.69) is 20.9 Å². The van der Waals surface area contributed by atoms with Gasteiger partial charge in [0.1, 0.15) is 11.3 Å². The van der Waals surface area contributed by atoms with Gasteiger partial charge in [0.25, 0.3) is 0 Å². The van der Waals surface area contributed by atoms with Gasteiger partial charge < -0.3 is 9.84 Å². The molecule has 0 aliphatic rings. The van der Waals surface area contributed by atoms with Gasteiger partial charge in [-0.05, 0) is 30.7 Å². The van der Waals surface area contributed by atoms with E-state index < -0.39 is 5.97 Å². The highest BCUT2D eigenvalue weighted by Gasteiger charge is 2.10. The fourth-order valence-electron chi connectivity index (χ4n) is 1.61. The largest absolute Gasteiger partial charge is 0.480 e. The predicted octanol–water partition coefficient (Wildman–Crippen LogP) is 2.77. The Labute approximate surface area is 106 Å². The average molecular weight is 296 g/mol. The number of rotatable bonds is 3. The first-order valence-electron chi connectivity index (χ1n) is 4.98. The van der Waals surface area contributed by atoms with Gasteiger partial charge in [-0.3, -0.25) is 4.98 Å². The second-order valence-electron chi connectivity index (χ2n) is 3.58. The minimum absolute atomic E-state index is 0.369. The summed E-state index contributed by atoms with van der Waals surface area (Å²) in [6.07, 6.45) is 1.68. The summed E-state index contributed by atoms with van der Waals surface area (Å²) in [5.41, 5.74) is 1.73. The highest BCUT2D eigenvalue weighted by molar-refractivity contribution is 9.10. The van der Waals surface area contributed by atoms with Crippen LogP contribution >= 0.6 is 15.9 Å². The standard InChI is InChI=1S/C12H10BrNO3/c1-7-4-5-14-12-9(17-6-10(15)16)3-2-8(13)11(7)12/h2-5H,6H2,1H3,(H,15,16). The summed E-state index contributed by atoms with van der Waals surface area (Å²) in [6, 6.07) is 5.43. The third kappa shape index (κ3) is 2.39. The molecule has 0 bridgehead atoms. The maximum Gasteiger partial charge on any atom is 0.341 e. The van der Waals surface area contributed by atoms with Crippen molar-refractivity contribution < 1.29 is 14.6 Å². The lowest BCUT2D eigenvalue weighted by atomic mass is 10.1. The Morgan fingerprint density at radius 3 is 2.94 bits per heavy atom. The van der Waals surface area contributed by atoms with Crippen LogP contribution in [0.25, 0.3) is 10.9 Å². The summed E-state index contributed by atoms with van der Waals surface area (Å²) in [4.78, 5) is 14.7. The molecule has 0 fully saturated rings. The molecular formula is C12H10BrNO3. The van der Waals surface area contributed by atoms with E-state index in [1.165, 1.54) is 0 Å². The summed E-state index contributed by atoms with van der Waals surface area (Å²) in [6.45, 7) is 1.60. The molecular weight excluding hydrogens is 286 g/mol. The molecule has 88 valence electrons. The zero-order valence-corrected chi connectivity index (χ0v) is 10.7. The van der Waals surface area contributed by atoms with E-state index in [-0.39, 0.29) is 6.61 Å². The van der Waals surface area contributed by atoms with Crippen LogP contribution in [0.2, 0.25) is 0 Å². The van der Waals surface area contributed by atoms with Gasteiger partial charge in [-0.1, -0.05) is 15.9 Å². The van der Waals surface area contributed by atoms with Gasteiger partial charge in [0.2, 0.25) is 0 Å². The number of aryl methyl sites for hydroxylation is 1. The third-order valence-electron chi connectivity index (χ3n) is 2.36. The average Bonchev–Trinajstić information content (AvgIpc) is 2.28. The van der Waals surface area contributed by atoms with E-state index in [0.717, 1.165) is 15.4 Å². The van der Waals surface area contributed by atoms with Gasteiger partial charge in [0.15, 0.2) is 6.61 Å². The van der Waals surface area contributed by atoms with Crippen molar-refractivity contribution in [1.29, 1.82) is 0 Å². The molecule has 0 saturated carbocycles. The second kappa shape index (κ2) is 4.71.